The van der Waals surface area contributed by atoms with Crippen LogP contribution >= 0.6 is 0 Å². The first-order valence-electron chi connectivity index (χ1n) is 4.05. The molecule has 0 aliphatic rings. The van der Waals surface area contributed by atoms with Crippen LogP contribution in [0.15, 0.2) is 12.3 Å². The molecule has 1 aromatic rings. The molecule has 14 heavy (non-hydrogen) atoms. The molecule has 0 saturated heterocycles. The Labute approximate surface area is 83.7 Å². The molecule has 0 aromatic carbocycles. The number of hydrogen-bond donors (Lipinski definition) is 0. The number of carbonyl (C=O) groups is 1. The normalized spacial score (nSPS) is 9.57. The Balaban J connectivity index is 2.80. The number of carbonyl (C=O) groups excluding carboxylic acids is 1. The molecular weight excluding hydrogens is 181 g/mol. The van der Waals surface area contributed by atoms with Crippen molar-refractivity contribution in [3.05, 3.63) is 18.0 Å². The predicted octanol–water partition coefficient (Wildman–Crippen LogP) is -0.0529. The molecule has 2 radical (unpaired) electrons. The lowest BCUT2D eigenvalue weighted by Gasteiger charge is -2.07. The highest BCUT2D eigenvalue weighted by molar-refractivity contribution is 6.32. The quantitative estimate of drug-likeness (QED) is 0.496. The molecule has 0 bridgehead atoms. The van der Waals surface area contributed by atoms with E-state index in [2.05, 4.69) is 4.98 Å². The van der Waals surface area contributed by atoms with Gasteiger partial charge < -0.3 is 9.47 Å². The van der Waals surface area contributed by atoms with Crippen LogP contribution in [0, 0.1) is 0 Å². The number of pyridine rings is 1. The van der Waals surface area contributed by atoms with Crippen LogP contribution in [0.25, 0.3) is 0 Å². The second-order valence-corrected chi connectivity index (χ2v) is 2.70. The number of hydrogen-bond acceptors (Lipinski definition) is 4. The van der Waals surface area contributed by atoms with E-state index >= 15 is 0 Å². The third-order valence-electron chi connectivity index (χ3n) is 1.58. The highest BCUT2D eigenvalue weighted by Crippen LogP contribution is 2.13. The summed E-state index contributed by atoms with van der Waals surface area (Å²) in [6, 6.07) is 1.63. The van der Waals surface area contributed by atoms with E-state index < -0.39 is 0 Å². The fraction of sp³-hybridized carbons (Fsp3) is 0.333. The fourth-order valence-electron chi connectivity index (χ4n) is 0.943. The zero-order valence-corrected chi connectivity index (χ0v) is 8.11. The predicted molar refractivity (Wildman–Crippen MR) is 51.6 cm³/mol. The first-order valence-corrected chi connectivity index (χ1v) is 4.05. The number of methoxy groups -OCH3 is 1. The molecule has 1 aromatic heterocycles. The molecule has 0 fully saturated rings. The van der Waals surface area contributed by atoms with Gasteiger partial charge in [-0.2, -0.15) is 0 Å². The van der Waals surface area contributed by atoms with E-state index in [1.54, 1.807) is 6.07 Å². The van der Waals surface area contributed by atoms with Crippen LogP contribution in [0.1, 0.15) is 12.6 Å². The van der Waals surface area contributed by atoms with Gasteiger partial charge in [0.2, 0.25) is 0 Å². The van der Waals surface area contributed by atoms with E-state index in [-0.39, 0.29) is 12.6 Å². The van der Waals surface area contributed by atoms with Gasteiger partial charge in [0.05, 0.1) is 7.11 Å². The highest BCUT2D eigenvalue weighted by atomic mass is 16.5. The third kappa shape index (κ3) is 2.76. The number of aromatic nitrogens is 1. The van der Waals surface area contributed by atoms with Crippen LogP contribution in [-0.4, -0.2) is 25.9 Å². The molecule has 1 heterocycles. The smallest absolute Gasteiger partial charge is 0.303 e. The van der Waals surface area contributed by atoms with Crippen molar-refractivity contribution in [2.75, 3.05) is 7.11 Å². The van der Waals surface area contributed by atoms with Crippen molar-refractivity contribution < 1.29 is 14.3 Å². The lowest BCUT2D eigenvalue weighted by atomic mass is 9.98. The SMILES string of the molecule is [B]c1cnc(COC(C)=O)c(OC)c1. The maximum Gasteiger partial charge on any atom is 0.303 e. The van der Waals surface area contributed by atoms with Gasteiger partial charge in [0.25, 0.3) is 0 Å². The van der Waals surface area contributed by atoms with E-state index in [9.17, 15) is 4.79 Å². The summed E-state index contributed by atoms with van der Waals surface area (Å²) in [4.78, 5) is 14.6. The van der Waals surface area contributed by atoms with Crippen molar-refractivity contribution in [1.82, 2.24) is 4.98 Å². The van der Waals surface area contributed by atoms with Gasteiger partial charge in [-0.1, -0.05) is 5.46 Å². The lowest BCUT2D eigenvalue weighted by Crippen LogP contribution is -2.09. The maximum absolute atomic E-state index is 10.6. The first kappa shape index (κ1) is 10.6. The van der Waals surface area contributed by atoms with Gasteiger partial charge in [-0.25, -0.2) is 0 Å². The Morgan fingerprint density at radius 3 is 2.93 bits per heavy atom. The van der Waals surface area contributed by atoms with E-state index in [0.29, 0.717) is 16.9 Å². The Kier molecular flexibility index (Phi) is 3.51. The monoisotopic (exact) mass is 191 g/mol. The van der Waals surface area contributed by atoms with Crippen LogP contribution in [0.2, 0.25) is 0 Å². The summed E-state index contributed by atoms with van der Waals surface area (Å²) in [5, 5.41) is 0. The zero-order valence-electron chi connectivity index (χ0n) is 8.11. The first-order chi connectivity index (χ1) is 6.63. The van der Waals surface area contributed by atoms with Gasteiger partial charge in [0.1, 0.15) is 25.9 Å². The molecule has 0 atom stereocenters. The van der Waals surface area contributed by atoms with Gasteiger partial charge in [-0.15, -0.1) is 0 Å². The summed E-state index contributed by atoms with van der Waals surface area (Å²) in [6.45, 7) is 1.43. The van der Waals surface area contributed by atoms with E-state index in [4.69, 9.17) is 17.3 Å². The molecule has 72 valence electrons. The van der Waals surface area contributed by atoms with Gasteiger partial charge in [-0.05, 0) is 6.07 Å². The highest BCUT2D eigenvalue weighted by Gasteiger charge is 2.05. The summed E-state index contributed by atoms with van der Waals surface area (Å²) >= 11 is 0. The minimum Gasteiger partial charge on any atom is -0.495 e. The summed E-state index contributed by atoms with van der Waals surface area (Å²) in [5.41, 5.74) is 1.06. The third-order valence-corrected chi connectivity index (χ3v) is 1.58. The second kappa shape index (κ2) is 4.65. The van der Waals surface area contributed by atoms with E-state index in [0.717, 1.165) is 0 Å². The summed E-state index contributed by atoms with van der Waals surface area (Å²) in [5.74, 6) is 0.164. The molecule has 0 amide bonds. The zero-order chi connectivity index (χ0) is 10.6. The minimum atomic E-state index is -0.356. The Hall–Kier alpha value is -1.52. The molecule has 0 aliphatic heterocycles. The molecule has 0 saturated carbocycles. The van der Waals surface area contributed by atoms with Gasteiger partial charge in [-0.3, -0.25) is 9.78 Å². The van der Waals surface area contributed by atoms with Gasteiger partial charge >= 0.3 is 5.97 Å². The summed E-state index contributed by atoms with van der Waals surface area (Å²) < 4.78 is 9.81. The standard InChI is InChI=1S/C9H10BNO3/c1-6(12)14-5-8-9(13-2)3-7(10)4-11-8/h3-4H,5H2,1-2H3. The van der Waals surface area contributed by atoms with Gasteiger partial charge in [0, 0.05) is 13.1 Å². The summed E-state index contributed by atoms with van der Waals surface area (Å²) in [7, 11) is 7.02. The largest absolute Gasteiger partial charge is 0.495 e. The topological polar surface area (TPSA) is 48.4 Å². The van der Waals surface area contributed by atoms with Crippen molar-refractivity contribution in [3.63, 3.8) is 0 Å². The van der Waals surface area contributed by atoms with Crippen molar-refractivity contribution in [2.45, 2.75) is 13.5 Å². The molecule has 0 N–H and O–H groups in total. The Morgan fingerprint density at radius 1 is 1.64 bits per heavy atom. The number of esters is 1. The fourth-order valence-corrected chi connectivity index (χ4v) is 0.943. The van der Waals surface area contributed by atoms with Crippen LogP contribution < -0.4 is 10.2 Å². The number of nitrogens with zero attached hydrogens (tertiary/aromatic N) is 1. The number of rotatable bonds is 3. The van der Waals surface area contributed by atoms with Crippen molar-refractivity contribution in [3.8, 4) is 5.75 Å². The molecule has 4 nitrogen and oxygen atoms in total. The average molecular weight is 191 g/mol. The van der Waals surface area contributed by atoms with Crippen LogP contribution in [-0.2, 0) is 16.1 Å². The van der Waals surface area contributed by atoms with E-state index in [1.165, 1.54) is 20.2 Å². The molecule has 0 spiro atoms. The Bertz CT molecular complexity index is 341. The lowest BCUT2D eigenvalue weighted by molar-refractivity contribution is -0.142. The van der Waals surface area contributed by atoms with Crippen molar-refractivity contribution in [2.24, 2.45) is 0 Å². The van der Waals surface area contributed by atoms with Crippen molar-refractivity contribution >= 4 is 19.3 Å². The number of ether oxygens (including phenoxy) is 2. The molecule has 1 rings (SSSR count). The van der Waals surface area contributed by atoms with E-state index in [1.807, 2.05) is 0 Å². The van der Waals surface area contributed by atoms with Crippen LogP contribution in [0.4, 0.5) is 0 Å². The van der Waals surface area contributed by atoms with Crippen LogP contribution in [0.5, 0.6) is 5.75 Å². The second-order valence-electron chi connectivity index (χ2n) is 2.70. The molecule has 0 aliphatic carbocycles. The molecular formula is C9H10BNO3. The molecule has 5 heteroatoms. The molecule has 0 unspecified atom stereocenters. The average Bonchev–Trinajstić information content (AvgIpc) is 2.15. The van der Waals surface area contributed by atoms with Crippen LogP contribution in [0.3, 0.4) is 0 Å². The van der Waals surface area contributed by atoms with Crippen molar-refractivity contribution in [1.29, 1.82) is 0 Å². The minimum absolute atomic E-state index is 0.0960. The Morgan fingerprint density at radius 2 is 2.36 bits per heavy atom. The summed E-state index contributed by atoms with van der Waals surface area (Å²) in [6.07, 6.45) is 1.49. The maximum atomic E-state index is 10.6. The van der Waals surface area contributed by atoms with Gasteiger partial charge in [0.15, 0.2) is 0 Å².